The molecule has 1 saturated heterocycles. The average Bonchev–Trinajstić information content (AvgIpc) is 2.60. The van der Waals surface area contributed by atoms with E-state index in [9.17, 15) is 4.79 Å². The molecule has 1 amide bonds. The number of nitrogens with zero attached hydrogens (tertiary/aromatic N) is 2. The standard InChI is InChI=1S/C19H24N2O3/c1-13-9-17(16-10-15(24-3)6-7-18(16)20-13)19(22)21-8-4-5-14(11-21)12-23-2/h6-7,9-10,14H,4-5,8,11-12H2,1-3H3. The van der Waals surface area contributed by atoms with Crippen LogP contribution in [0.5, 0.6) is 5.75 Å². The van der Waals surface area contributed by atoms with Crippen LogP contribution in [0, 0.1) is 12.8 Å². The Hall–Kier alpha value is -2.14. The summed E-state index contributed by atoms with van der Waals surface area (Å²) in [7, 11) is 3.34. The van der Waals surface area contributed by atoms with Crippen molar-refractivity contribution < 1.29 is 14.3 Å². The minimum Gasteiger partial charge on any atom is -0.497 e. The lowest BCUT2D eigenvalue weighted by Gasteiger charge is -2.32. The minimum absolute atomic E-state index is 0.0690. The molecular formula is C19H24N2O3. The first-order valence-corrected chi connectivity index (χ1v) is 8.36. The molecule has 0 aliphatic carbocycles. The highest BCUT2D eigenvalue weighted by Gasteiger charge is 2.26. The second-order valence-electron chi connectivity index (χ2n) is 6.41. The van der Waals surface area contributed by atoms with Crippen LogP contribution in [-0.2, 0) is 4.74 Å². The van der Waals surface area contributed by atoms with Crippen molar-refractivity contribution in [3.8, 4) is 5.75 Å². The highest BCUT2D eigenvalue weighted by molar-refractivity contribution is 6.06. The zero-order valence-corrected chi connectivity index (χ0v) is 14.5. The molecule has 2 heterocycles. The zero-order valence-electron chi connectivity index (χ0n) is 14.5. The SMILES string of the molecule is COCC1CCCN(C(=O)c2cc(C)nc3ccc(OC)cc23)C1. The van der Waals surface area contributed by atoms with E-state index in [1.807, 2.05) is 36.1 Å². The van der Waals surface area contributed by atoms with Crippen molar-refractivity contribution in [1.29, 1.82) is 0 Å². The fourth-order valence-electron chi connectivity index (χ4n) is 3.43. The average molecular weight is 328 g/mol. The van der Waals surface area contributed by atoms with Crippen LogP contribution in [0.25, 0.3) is 10.9 Å². The first-order valence-electron chi connectivity index (χ1n) is 8.36. The van der Waals surface area contributed by atoms with Gasteiger partial charge in [-0.15, -0.1) is 0 Å². The third-order valence-electron chi connectivity index (χ3n) is 4.58. The Balaban J connectivity index is 1.96. The van der Waals surface area contributed by atoms with Crippen LogP contribution in [0.4, 0.5) is 0 Å². The fourth-order valence-corrected chi connectivity index (χ4v) is 3.43. The lowest BCUT2D eigenvalue weighted by Crippen LogP contribution is -2.41. The van der Waals surface area contributed by atoms with Gasteiger partial charge in [0.15, 0.2) is 0 Å². The van der Waals surface area contributed by atoms with Crippen molar-refractivity contribution in [3.63, 3.8) is 0 Å². The summed E-state index contributed by atoms with van der Waals surface area (Å²) in [5, 5.41) is 0.846. The summed E-state index contributed by atoms with van der Waals surface area (Å²) in [5.41, 5.74) is 2.38. The molecule has 128 valence electrons. The lowest BCUT2D eigenvalue weighted by atomic mass is 9.97. The van der Waals surface area contributed by atoms with Crippen molar-refractivity contribution in [3.05, 3.63) is 35.5 Å². The summed E-state index contributed by atoms with van der Waals surface area (Å²) < 4.78 is 10.6. The predicted octanol–water partition coefficient (Wildman–Crippen LogP) is 3.05. The fraction of sp³-hybridized carbons (Fsp3) is 0.474. The number of hydrogen-bond donors (Lipinski definition) is 0. The van der Waals surface area contributed by atoms with E-state index in [2.05, 4.69) is 4.98 Å². The maximum absolute atomic E-state index is 13.1. The van der Waals surface area contributed by atoms with Gasteiger partial charge in [0.1, 0.15) is 5.75 Å². The molecule has 2 aromatic rings. The maximum Gasteiger partial charge on any atom is 0.254 e. The number of carbonyl (C=O) groups is 1. The topological polar surface area (TPSA) is 51.7 Å². The molecule has 3 rings (SSSR count). The summed E-state index contributed by atoms with van der Waals surface area (Å²) in [5.74, 6) is 1.22. The van der Waals surface area contributed by atoms with E-state index in [-0.39, 0.29) is 5.91 Å². The maximum atomic E-state index is 13.1. The molecule has 0 saturated carbocycles. The van der Waals surface area contributed by atoms with Crippen molar-refractivity contribution in [1.82, 2.24) is 9.88 Å². The number of fused-ring (bicyclic) bond motifs is 1. The molecule has 1 aromatic carbocycles. The van der Waals surface area contributed by atoms with E-state index in [4.69, 9.17) is 9.47 Å². The number of carbonyl (C=O) groups excluding carboxylic acids is 1. The Kier molecular flexibility index (Phi) is 5.00. The third-order valence-corrected chi connectivity index (χ3v) is 4.58. The molecule has 1 aliphatic heterocycles. The van der Waals surface area contributed by atoms with E-state index < -0.39 is 0 Å². The number of methoxy groups -OCH3 is 2. The molecule has 0 bridgehead atoms. The Morgan fingerprint density at radius 1 is 1.33 bits per heavy atom. The number of ether oxygens (including phenoxy) is 2. The minimum atomic E-state index is 0.0690. The Bertz CT molecular complexity index is 743. The Labute approximate surface area is 142 Å². The number of hydrogen-bond acceptors (Lipinski definition) is 4. The molecular weight excluding hydrogens is 304 g/mol. The number of benzene rings is 1. The van der Waals surface area contributed by atoms with Crippen LogP contribution < -0.4 is 4.74 Å². The van der Waals surface area contributed by atoms with Gasteiger partial charge < -0.3 is 14.4 Å². The molecule has 0 radical (unpaired) electrons. The van der Waals surface area contributed by atoms with Gasteiger partial charge in [-0.3, -0.25) is 9.78 Å². The van der Waals surface area contributed by atoms with E-state index >= 15 is 0 Å². The van der Waals surface area contributed by atoms with Gasteiger partial charge >= 0.3 is 0 Å². The van der Waals surface area contributed by atoms with Gasteiger partial charge in [-0.2, -0.15) is 0 Å². The Morgan fingerprint density at radius 3 is 2.92 bits per heavy atom. The molecule has 0 spiro atoms. The van der Waals surface area contributed by atoms with Gasteiger partial charge in [-0.1, -0.05) is 0 Å². The van der Waals surface area contributed by atoms with E-state index in [1.54, 1.807) is 14.2 Å². The molecule has 5 nitrogen and oxygen atoms in total. The van der Waals surface area contributed by atoms with Crippen molar-refractivity contribution >= 4 is 16.8 Å². The summed E-state index contributed by atoms with van der Waals surface area (Å²) in [6.07, 6.45) is 2.13. The normalized spacial score (nSPS) is 18.0. The van der Waals surface area contributed by atoms with E-state index in [0.29, 0.717) is 18.1 Å². The Morgan fingerprint density at radius 2 is 2.17 bits per heavy atom. The molecule has 24 heavy (non-hydrogen) atoms. The van der Waals surface area contributed by atoms with Crippen LogP contribution in [0.1, 0.15) is 28.9 Å². The van der Waals surface area contributed by atoms with Gasteiger partial charge in [0.05, 0.1) is 24.8 Å². The molecule has 1 fully saturated rings. The number of aryl methyl sites for hydroxylation is 1. The van der Waals surface area contributed by atoms with Gasteiger partial charge in [-0.25, -0.2) is 0 Å². The van der Waals surface area contributed by atoms with Gasteiger partial charge in [0, 0.05) is 31.3 Å². The molecule has 1 aliphatic rings. The van der Waals surface area contributed by atoms with Gasteiger partial charge in [-0.05, 0) is 49.9 Å². The quantitative estimate of drug-likeness (QED) is 0.865. The van der Waals surface area contributed by atoms with Crippen molar-refractivity contribution in [2.45, 2.75) is 19.8 Å². The van der Waals surface area contributed by atoms with Crippen molar-refractivity contribution in [2.75, 3.05) is 33.9 Å². The highest BCUT2D eigenvalue weighted by atomic mass is 16.5. The molecule has 0 N–H and O–H groups in total. The molecule has 5 heteroatoms. The van der Waals surface area contributed by atoms with Gasteiger partial charge in [0.2, 0.25) is 0 Å². The highest BCUT2D eigenvalue weighted by Crippen LogP contribution is 2.26. The number of amides is 1. The van der Waals surface area contributed by atoms with Crippen LogP contribution in [0.3, 0.4) is 0 Å². The third kappa shape index (κ3) is 3.36. The lowest BCUT2D eigenvalue weighted by molar-refractivity contribution is 0.0572. The van der Waals surface area contributed by atoms with Crippen LogP contribution in [0.15, 0.2) is 24.3 Å². The molecule has 1 aromatic heterocycles. The predicted molar refractivity (Wildman–Crippen MR) is 93.5 cm³/mol. The molecule has 1 atom stereocenters. The van der Waals surface area contributed by atoms with Gasteiger partial charge in [0.25, 0.3) is 5.91 Å². The second kappa shape index (κ2) is 7.18. The van der Waals surface area contributed by atoms with Crippen molar-refractivity contribution in [2.24, 2.45) is 5.92 Å². The number of likely N-dealkylation sites (tertiary alicyclic amines) is 1. The summed E-state index contributed by atoms with van der Waals surface area (Å²) >= 11 is 0. The first-order chi connectivity index (χ1) is 11.6. The zero-order chi connectivity index (χ0) is 17.1. The number of pyridine rings is 1. The van der Waals surface area contributed by atoms with Crippen LogP contribution in [0.2, 0.25) is 0 Å². The first kappa shape index (κ1) is 16.7. The summed E-state index contributed by atoms with van der Waals surface area (Å²) in [6.45, 7) is 4.17. The van der Waals surface area contributed by atoms with E-state index in [0.717, 1.165) is 48.3 Å². The smallest absolute Gasteiger partial charge is 0.254 e. The number of aromatic nitrogens is 1. The monoisotopic (exact) mass is 328 g/mol. The summed E-state index contributed by atoms with van der Waals surface area (Å²) in [6, 6.07) is 7.55. The second-order valence-corrected chi connectivity index (χ2v) is 6.41. The largest absolute Gasteiger partial charge is 0.497 e. The van der Waals surface area contributed by atoms with Crippen LogP contribution in [-0.4, -0.2) is 49.7 Å². The number of piperidine rings is 1. The number of rotatable bonds is 4. The van der Waals surface area contributed by atoms with Crippen LogP contribution >= 0.6 is 0 Å². The molecule has 1 unspecified atom stereocenters. The van der Waals surface area contributed by atoms with E-state index in [1.165, 1.54) is 0 Å². The summed E-state index contributed by atoms with van der Waals surface area (Å²) in [4.78, 5) is 19.6.